The van der Waals surface area contributed by atoms with Crippen LogP contribution in [0.15, 0.2) is 37.9 Å². The fourth-order valence-corrected chi connectivity index (χ4v) is 5.32. The molecule has 0 fully saturated rings. The van der Waals surface area contributed by atoms with E-state index in [1.54, 1.807) is 22.7 Å². The van der Waals surface area contributed by atoms with Gasteiger partial charge < -0.3 is 5.73 Å². The summed E-state index contributed by atoms with van der Waals surface area (Å²) < 4.78 is 3.57. The van der Waals surface area contributed by atoms with Gasteiger partial charge in [-0.1, -0.05) is 12.1 Å². The maximum absolute atomic E-state index is 6.44. The van der Waals surface area contributed by atoms with Gasteiger partial charge in [0.1, 0.15) is 0 Å². The van der Waals surface area contributed by atoms with E-state index >= 15 is 0 Å². The summed E-state index contributed by atoms with van der Waals surface area (Å²) in [4.78, 5) is 1.20. The molecule has 1 aromatic carbocycles. The Hall–Kier alpha value is -0.200. The highest BCUT2D eigenvalue weighted by Crippen LogP contribution is 2.39. The third-order valence-electron chi connectivity index (χ3n) is 3.10. The van der Waals surface area contributed by atoms with E-state index in [1.165, 1.54) is 29.9 Å². The van der Waals surface area contributed by atoms with Gasteiger partial charge in [-0.3, -0.25) is 0 Å². The largest absolute Gasteiger partial charge is 0.320 e. The molecule has 0 bridgehead atoms. The number of hydrogen-bond donors (Lipinski definition) is 1. The lowest BCUT2D eigenvalue weighted by atomic mass is 10.0. The first kappa shape index (κ1) is 13.8. The maximum Gasteiger partial charge on any atom is 0.0731 e. The fraction of sp³-hybridized carbons (Fsp3) is 0.143. The number of halogens is 2. The van der Waals surface area contributed by atoms with Crippen molar-refractivity contribution >= 4 is 64.6 Å². The highest BCUT2D eigenvalue weighted by molar-refractivity contribution is 9.11. The summed E-state index contributed by atoms with van der Waals surface area (Å²) in [6, 6.07) is 8.38. The van der Waals surface area contributed by atoms with Gasteiger partial charge in [-0.15, -0.1) is 22.7 Å². The maximum atomic E-state index is 6.44. The summed E-state index contributed by atoms with van der Waals surface area (Å²) >= 11 is 10.6. The van der Waals surface area contributed by atoms with Crippen molar-refractivity contribution in [3.05, 3.63) is 53.9 Å². The van der Waals surface area contributed by atoms with Gasteiger partial charge in [0.2, 0.25) is 0 Å². The molecule has 0 saturated carbocycles. The lowest BCUT2D eigenvalue weighted by Crippen LogP contribution is -2.09. The predicted molar refractivity (Wildman–Crippen MR) is 92.3 cm³/mol. The van der Waals surface area contributed by atoms with Gasteiger partial charge in [0.25, 0.3) is 0 Å². The van der Waals surface area contributed by atoms with Crippen LogP contribution >= 0.6 is 54.5 Å². The smallest absolute Gasteiger partial charge is 0.0731 e. The molecule has 1 nitrogen and oxygen atoms in total. The second-order valence-electron chi connectivity index (χ2n) is 4.39. The zero-order valence-electron chi connectivity index (χ0n) is 10.1. The van der Waals surface area contributed by atoms with E-state index in [2.05, 4.69) is 68.4 Å². The molecule has 1 unspecified atom stereocenters. The van der Waals surface area contributed by atoms with Crippen LogP contribution in [0.5, 0.6) is 0 Å². The molecule has 0 aliphatic rings. The molecule has 0 spiro atoms. The topological polar surface area (TPSA) is 26.0 Å². The number of rotatable bonds is 2. The minimum Gasteiger partial charge on any atom is -0.320 e. The lowest BCUT2D eigenvalue weighted by molar-refractivity contribution is 0.907. The molecule has 19 heavy (non-hydrogen) atoms. The van der Waals surface area contributed by atoms with Crippen LogP contribution in [-0.4, -0.2) is 0 Å². The van der Waals surface area contributed by atoms with Gasteiger partial charge >= 0.3 is 0 Å². The third-order valence-corrected chi connectivity index (χ3v) is 7.29. The minimum atomic E-state index is -0.0574. The van der Waals surface area contributed by atoms with Crippen molar-refractivity contribution in [2.24, 2.45) is 5.73 Å². The summed E-state index contributed by atoms with van der Waals surface area (Å²) in [5, 5.41) is 3.41. The molecule has 5 heteroatoms. The van der Waals surface area contributed by atoms with E-state index in [-0.39, 0.29) is 6.04 Å². The summed E-state index contributed by atoms with van der Waals surface area (Å²) in [6.07, 6.45) is 0. The highest BCUT2D eigenvalue weighted by Gasteiger charge is 2.17. The van der Waals surface area contributed by atoms with Gasteiger partial charge in [-0.25, -0.2) is 0 Å². The second kappa shape index (κ2) is 5.30. The van der Waals surface area contributed by atoms with Gasteiger partial charge in [-0.2, -0.15) is 0 Å². The second-order valence-corrected chi connectivity index (χ2v) is 8.53. The van der Waals surface area contributed by atoms with Gasteiger partial charge in [0.15, 0.2) is 0 Å². The molecule has 2 aromatic heterocycles. The Kier molecular flexibility index (Phi) is 3.84. The van der Waals surface area contributed by atoms with E-state index < -0.39 is 0 Å². The van der Waals surface area contributed by atoms with Crippen LogP contribution < -0.4 is 5.73 Å². The van der Waals surface area contributed by atoms with Crippen LogP contribution in [0, 0.1) is 6.92 Å². The van der Waals surface area contributed by atoms with Crippen molar-refractivity contribution in [2.45, 2.75) is 13.0 Å². The minimum absolute atomic E-state index is 0.0574. The van der Waals surface area contributed by atoms with Crippen molar-refractivity contribution in [3.63, 3.8) is 0 Å². The summed E-state index contributed by atoms with van der Waals surface area (Å²) in [7, 11) is 0. The number of hydrogen-bond acceptors (Lipinski definition) is 3. The summed E-state index contributed by atoms with van der Waals surface area (Å²) in [5.74, 6) is 0. The number of benzene rings is 1. The van der Waals surface area contributed by atoms with Crippen LogP contribution in [0.3, 0.4) is 0 Å². The standard InChI is InChI=1S/C14H11Br2NS2/c1-7-5-11(19-14(7)16)12(17)9-6-18-13-8(9)3-2-4-10(13)15/h2-6,12H,17H2,1H3. The zero-order valence-corrected chi connectivity index (χ0v) is 14.9. The fourth-order valence-electron chi connectivity index (χ4n) is 2.07. The molecule has 0 amide bonds. The Morgan fingerprint density at radius 1 is 1.26 bits per heavy atom. The number of nitrogens with two attached hydrogens (primary N) is 1. The SMILES string of the molecule is Cc1cc(C(N)c2csc3c(Br)cccc23)sc1Br. The van der Waals surface area contributed by atoms with Gasteiger partial charge in [0, 0.05) is 14.0 Å². The average Bonchev–Trinajstić information content (AvgIpc) is 2.94. The molecule has 3 aromatic rings. The van der Waals surface area contributed by atoms with Crippen LogP contribution in [0.1, 0.15) is 22.0 Å². The Balaban J connectivity index is 2.11. The quantitative estimate of drug-likeness (QED) is 0.557. The highest BCUT2D eigenvalue weighted by atomic mass is 79.9. The van der Waals surface area contributed by atoms with Gasteiger partial charge in [0.05, 0.1) is 9.83 Å². The molecule has 2 heterocycles. The summed E-state index contributed by atoms with van der Waals surface area (Å²) in [5.41, 5.74) is 8.89. The Morgan fingerprint density at radius 2 is 2.05 bits per heavy atom. The molecular formula is C14H11Br2NS2. The van der Waals surface area contributed by atoms with Gasteiger partial charge in [-0.05, 0) is 72.8 Å². The van der Waals surface area contributed by atoms with Crippen molar-refractivity contribution in [1.82, 2.24) is 0 Å². The van der Waals surface area contributed by atoms with Crippen LogP contribution in [0.25, 0.3) is 10.1 Å². The van der Waals surface area contributed by atoms with Crippen molar-refractivity contribution in [1.29, 1.82) is 0 Å². The van der Waals surface area contributed by atoms with Crippen molar-refractivity contribution in [2.75, 3.05) is 0 Å². The molecule has 2 N–H and O–H groups in total. The van der Waals surface area contributed by atoms with Crippen molar-refractivity contribution < 1.29 is 0 Å². The molecule has 0 aliphatic heterocycles. The van der Waals surface area contributed by atoms with Crippen LogP contribution in [0.4, 0.5) is 0 Å². The first-order valence-electron chi connectivity index (χ1n) is 5.75. The van der Waals surface area contributed by atoms with Crippen LogP contribution in [0.2, 0.25) is 0 Å². The first-order chi connectivity index (χ1) is 9.08. The van der Waals surface area contributed by atoms with E-state index in [4.69, 9.17) is 5.73 Å². The molecule has 0 aliphatic carbocycles. The average molecular weight is 417 g/mol. The zero-order chi connectivity index (χ0) is 13.6. The Bertz CT molecular complexity index is 726. The lowest BCUT2D eigenvalue weighted by Gasteiger charge is -2.08. The summed E-state index contributed by atoms with van der Waals surface area (Å²) in [6.45, 7) is 2.10. The third kappa shape index (κ3) is 2.43. The Labute approximate surface area is 136 Å². The molecule has 98 valence electrons. The van der Waals surface area contributed by atoms with Crippen molar-refractivity contribution in [3.8, 4) is 0 Å². The Morgan fingerprint density at radius 3 is 2.74 bits per heavy atom. The van der Waals surface area contributed by atoms with E-state index in [9.17, 15) is 0 Å². The molecular weight excluding hydrogens is 406 g/mol. The first-order valence-corrected chi connectivity index (χ1v) is 9.03. The van der Waals surface area contributed by atoms with E-state index in [0.717, 1.165) is 4.47 Å². The molecule has 3 rings (SSSR count). The monoisotopic (exact) mass is 415 g/mol. The van der Waals surface area contributed by atoms with E-state index in [0.29, 0.717) is 0 Å². The molecule has 0 saturated heterocycles. The molecule has 1 atom stereocenters. The number of aryl methyl sites for hydroxylation is 1. The normalized spacial score (nSPS) is 13.1. The number of fused-ring (bicyclic) bond motifs is 1. The van der Waals surface area contributed by atoms with E-state index in [1.807, 2.05) is 0 Å². The number of thiophene rings is 2. The predicted octanol–water partition coefficient (Wildman–Crippen LogP) is 5.84. The molecule has 0 radical (unpaired) electrons. The van der Waals surface area contributed by atoms with Crippen LogP contribution in [-0.2, 0) is 0 Å².